The molecule has 2 atom stereocenters. The van der Waals surface area contributed by atoms with Crippen molar-refractivity contribution in [2.24, 2.45) is 5.92 Å². The molecule has 1 radical (unpaired) electrons. The maximum absolute atomic E-state index is 6.39. The fraction of sp³-hybridized carbons (Fsp3) is 0.769. The van der Waals surface area contributed by atoms with Gasteiger partial charge in [0.15, 0.2) is 0 Å². The zero-order valence-electron chi connectivity index (χ0n) is 18.5. The Kier molecular flexibility index (Phi) is 15.3. The first-order valence-corrected chi connectivity index (χ1v) is 11.9. The van der Waals surface area contributed by atoms with Crippen molar-refractivity contribution in [2.45, 2.75) is 123 Å². The Morgan fingerprint density at radius 2 is 1.19 bits per heavy atom. The first-order valence-electron chi connectivity index (χ1n) is 11.9. The summed E-state index contributed by atoms with van der Waals surface area (Å²) in [4.78, 5) is 0. The van der Waals surface area contributed by atoms with Crippen LogP contribution in [0.15, 0.2) is 24.3 Å². The Balaban J connectivity index is 2.28. The van der Waals surface area contributed by atoms with Crippen LogP contribution >= 0.6 is 0 Å². The average molecular weight is 374 g/mol. The van der Waals surface area contributed by atoms with E-state index in [1.807, 2.05) is 24.3 Å². The van der Waals surface area contributed by atoms with Crippen LogP contribution in [0.25, 0.3) is 0 Å². The molecule has 0 heterocycles. The van der Waals surface area contributed by atoms with Crippen molar-refractivity contribution in [1.29, 1.82) is 0 Å². The lowest BCUT2D eigenvalue weighted by Crippen LogP contribution is -2.25. The number of ether oxygens (including phenoxy) is 1. The maximum atomic E-state index is 6.39. The normalized spacial score (nSPS) is 13.4. The number of unbranched alkanes of at least 4 members (excludes halogenated alkanes) is 11. The van der Waals surface area contributed by atoms with Crippen LogP contribution in [0.2, 0.25) is 0 Å². The molecule has 0 fully saturated rings. The van der Waals surface area contributed by atoms with E-state index >= 15 is 0 Å². The molecule has 1 heteroatoms. The van der Waals surface area contributed by atoms with E-state index in [2.05, 4.69) is 26.8 Å². The number of rotatable bonds is 18. The van der Waals surface area contributed by atoms with Crippen molar-refractivity contribution < 1.29 is 4.74 Å². The van der Waals surface area contributed by atoms with Gasteiger partial charge in [0.05, 0.1) is 0 Å². The molecule has 1 aromatic rings. The van der Waals surface area contributed by atoms with Gasteiger partial charge in [-0.3, -0.25) is 0 Å². The van der Waals surface area contributed by atoms with Crippen LogP contribution in [-0.4, -0.2) is 6.10 Å². The van der Waals surface area contributed by atoms with Crippen molar-refractivity contribution >= 4 is 0 Å². The summed E-state index contributed by atoms with van der Waals surface area (Å²) in [5.41, 5.74) is 0. The lowest BCUT2D eigenvalue weighted by atomic mass is 9.93. The summed E-state index contributed by atoms with van der Waals surface area (Å²) in [7, 11) is 0. The fourth-order valence-corrected chi connectivity index (χ4v) is 3.82. The molecule has 0 aliphatic carbocycles. The molecule has 1 rings (SSSR count). The zero-order chi connectivity index (χ0) is 19.6. The van der Waals surface area contributed by atoms with E-state index in [9.17, 15) is 0 Å². The van der Waals surface area contributed by atoms with Crippen LogP contribution in [0, 0.1) is 12.0 Å². The van der Waals surface area contributed by atoms with E-state index < -0.39 is 0 Å². The number of benzene rings is 1. The molecule has 0 aromatic heterocycles. The smallest absolute Gasteiger partial charge is 0.119 e. The van der Waals surface area contributed by atoms with Gasteiger partial charge in [-0.25, -0.2) is 0 Å². The first-order chi connectivity index (χ1) is 13.3. The van der Waals surface area contributed by atoms with E-state index in [1.165, 1.54) is 96.3 Å². The van der Waals surface area contributed by atoms with E-state index in [-0.39, 0.29) is 0 Å². The summed E-state index contributed by atoms with van der Waals surface area (Å²) in [6, 6.07) is 11.1. The van der Waals surface area contributed by atoms with Gasteiger partial charge in [-0.05, 0) is 43.4 Å². The third kappa shape index (κ3) is 12.9. The minimum Gasteiger partial charge on any atom is -0.490 e. The summed E-state index contributed by atoms with van der Waals surface area (Å²) in [6.45, 7) is 6.96. The Bertz CT molecular complexity index is 413. The molecule has 0 N–H and O–H groups in total. The first kappa shape index (κ1) is 24.1. The van der Waals surface area contributed by atoms with Crippen LogP contribution in [0.1, 0.15) is 117 Å². The van der Waals surface area contributed by atoms with Crippen LogP contribution in [-0.2, 0) is 0 Å². The van der Waals surface area contributed by atoms with Crippen molar-refractivity contribution in [2.75, 3.05) is 0 Å². The summed E-state index contributed by atoms with van der Waals surface area (Å²) in [5.74, 6) is 1.65. The van der Waals surface area contributed by atoms with Gasteiger partial charge in [0.25, 0.3) is 0 Å². The summed E-state index contributed by atoms with van der Waals surface area (Å²) in [6.07, 6.45) is 20.7. The molecule has 0 spiro atoms. The van der Waals surface area contributed by atoms with Gasteiger partial charge in [0.2, 0.25) is 0 Å². The van der Waals surface area contributed by atoms with Crippen LogP contribution in [0.3, 0.4) is 0 Å². The third-order valence-corrected chi connectivity index (χ3v) is 5.71. The summed E-state index contributed by atoms with van der Waals surface area (Å²) in [5, 5.41) is 0. The molecular weight excluding hydrogens is 328 g/mol. The minimum atomic E-state index is 0.360. The van der Waals surface area contributed by atoms with Gasteiger partial charge in [-0.15, -0.1) is 0 Å². The summed E-state index contributed by atoms with van der Waals surface area (Å²) >= 11 is 0. The molecule has 0 aliphatic heterocycles. The summed E-state index contributed by atoms with van der Waals surface area (Å²) < 4.78 is 6.39. The SMILES string of the molecule is CCCCCCCCCCCC(Oc1cc[c]cc1)C(C)CCCCCC. The molecule has 155 valence electrons. The largest absolute Gasteiger partial charge is 0.490 e. The molecule has 0 saturated carbocycles. The molecule has 0 aliphatic rings. The molecular formula is C26H45O. The van der Waals surface area contributed by atoms with Gasteiger partial charge in [0, 0.05) is 0 Å². The molecule has 0 bridgehead atoms. The third-order valence-electron chi connectivity index (χ3n) is 5.71. The standard InChI is InChI=1S/C26H45O/c1-4-6-8-10-11-12-13-14-19-23-26(24(3)20-16-9-7-5-2)27-25-21-17-15-18-22-25/h17-18,21-22,24,26H,4-14,16,19-20,23H2,1-3H3. The molecule has 0 amide bonds. The van der Waals surface area contributed by atoms with E-state index in [1.54, 1.807) is 0 Å². The Labute approximate surface area is 170 Å². The Morgan fingerprint density at radius 3 is 1.78 bits per heavy atom. The number of hydrogen-bond donors (Lipinski definition) is 0. The number of hydrogen-bond acceptors (Lipinski definition) is 1. The molecule has 27 heavy (non-hydrogen) atoms. The van der Waals surface area contributed by atoms with Gasteiger partial charge in [-0.2, -0.15) is 0 Å². The minimum absolute atomic E-state index is 0.360. The van der Waals surface area contributed by atoms with Crippen LogP contribution in [0.5, 0.6) is 5.75 Å². The van der Waals surface area contributed by atoms with Gasteiger partial charge >= 0.3 is 0 Å². The maximum Gasteiger partial charge on any atom is 0.119 e. The highest BCUT2D eigenvalue weighted by Crippen LogP contribution is 2.24. The zero-order valence-corrected chi connectivity index (χ0v) is 18.5. The van der Waals surface area contributed by atoms with Gasteiger partial charge in [0.1, 0.15) is 11.9 Å². The van der Waals surface area contributed by atoms with Gasteiger partial charge in [-0.1, -0.05) is 110 Å². The lowest BCUT2D eigenvalue weighted by molar-refractivity contribution is 0.123. The predicted octanol–water partition coefficient (Wildman–Crippen LogP) is 8.76. The van der Waals surface area contributed by atoms with E-state index in [0.717, 1.165) is 5.75 Å². The van der Waals surface area contributed by atoms with Gasteiger partial charge < -0.3 is 4.74 Å². The average Bonchev–Trinajstić information content (AvgIpc) is 2.69. The van der Waals surface area contributed by atoms with E-state index in [0.29, 0.717) is 12.0 Å². The highest BCUT2D eigenvalue weighted by Gasteiger charge is 2.18. The Morgan fingerprint density at radius 1 is 0.704 bits per heavy atom. The second-order valence-electron chi connectivity index (χ2n) is 8.34. The second-order valence-corrected chi connectivity index (χ2v) is 8.34. The highest BCUT2D eigenvalue weighted by molar-refractivity contribution is 5.20. The van der Waals surface area contributed by atoms with E-state index in [4.69, 9.17) is 4.74 Å². The van der Waals surface area contributed by atoms with Crippen molar-refractivity contribution in [3.05, 3.63) is 30.3 Å². The fourth-order valence-electron chi connectivity index (χ4n) is 3.82. The highest BCUT2D eigenvalue weighted by atomic mass is 16.5. The van der Waals surface area contributed by atoms with Crippen molar-refractivity contribution in [1.82, 2.24) is 0 Å². The van der Waals surface area contributed by atoms with Crippen molar-refractivity contribution in [3.8, 4) is 5.75 Å². The monoisotopic (exact) mass is 373 g/mol. The molecule has 1 nitrogen and oxygen atoms in total. The molecule has 0 saturated heterocycles. The predicted molar refractivity (Wildman–Crippen MR) is 119 cm³/mol. The van der Waals surface area contributed by atoms with Crippen LogP contribution < -0.4 is 4.74 Å². The van der Waals surface area contributed by atoms with Crippen LogP contribution in [0.4, 0.5) is 0 Å². The molecule has 2 unspecified atom stereocenters. The quantitative estimate of drug-likeness (QED) is 0.234. The Hall–Kier alpha value is -0.980. The second kappa shape index (κ2) is 17.1. The topological polar surface area (TPSA) is 9.23 Å². The lowest BCUT2D eigenvalue weighted by Gasteiger charge is -2.25. The molecule has 1 aromatic carbocycles. The van der Waals surface area contributed by atoms with Crippen molar-refractivity contribution in [3.63, 3.8) is 0 Å².